The predicted octanol–water partition coefficient (Wildman–Crippen LogP) is 11.4. The topological polar surface area (TPSA) is 135 Å². The number of aliphatic hydroxyl groups excluding tert-OH is 1. The summed E-state index contributed by atoms with van der Waals surface area (Å²) in [6.45, 7) is 10.2. The first-order chi connectivity index (χ1) is 30.0. The molecule has 0 amide bonds. The lowest BCUT2D eigenvalue weighted by atomic mass is 10.1. The van der Waals surface area contributed by atoms with Gasteiger partial charge in [0.05, 0.1) is 6.61 Å². The van der Waals surface area contributed by atoms with Gasteiger partial charge in [0.15, 0.2) is 10.9 Å². The highest BCUT2D eigenvalue weighted by Gasteiger charge is 2.18. The van der Waals surface area contributed by atoms with E-state index in [9.17, 15) is 14.4 Å². The van der Waals surface area contributed by atoms with Crippen molar-refractivity contribution in [1.82, 2.24) is 0 Å². The summed E-state index contributed by atoms with van der Waals surface area (Å²) < 4.78 is 35.5. The molecule has 0 atom stereocenters. The van der Waals surface area contributed by atoms with Crippen molar-refractivity contribution in [3.8, 4) is 23.0 Å². The third-order valence-corrected chi connectivity index (χ3v) is 10.2. The second kappa shape index (κ2) is 19.6. The Morgan fingerprint density at radius 2 is 1.03 bits per heavy atom. The van der Waals surface area contributed by atoms with E-state index in [0.717, 1.165) is 44.2 Å². The standard InChI is InChI=1S/C27H28O5.C25H22O5/c1-18(2)24-16-22(29)27-25(30-13-6-5-12-28)14-19(15-26(27)32-24)17-31-23-11-7-9-20-8-3-4-10-21(20)23;1-15(2)22-13-20(27)25-23(29-16(3)26)11-17(12-24(25)30-22)14-28-21-10-6-8-18-7-4-5-9-19(18)21/h3-4,7-11,14-16,18,28H,5-6,12-13,17H2,1-2H3;4-13,15H,14H2,1-3H3. The van der Waals surface area contributed by atoms with E-state index in [0.29, 0.717) is 59.9 Å². The monoisotopic (exact) mass is 834 g/mol. The summed E-state index contributed by atoms with van der Waals surface area (Å²) in [4.78, 5) is 37.1. The molecule has 0 fully saturated rings. The number of aliphatic hydroxyl groups is 1. The van der Waals surface area contributed by atoms with Crippen molar-refractivity contribution < 1.29 is 37.7 Å². The summed E-state index contributed by atoms with van der Waals surface area (Å²) in [6.07, 6.45) is 1.35. The highest BCUT2D eigenvalue weighted by atomic mass is 16.5. The van der Waals surface area contributed by atoms with Crippen molar-refractivity contribution in [3.63, 3.8) is 0 Å². The molecule has 0 saturated heterocycles. The summed E-state index contributed by atoms with van der Waals surface area (Å²) in [7, 11) is 0. The fourth-order valence-corrected chi connectivity index (χ4v) is 7.10. The van der Waals surface area contributed by atoms with Crippen molar-refractivity contribution >= 4 is 49.5 Å². The van der Waals surface area contributed by atoms with E-state index in [4.69, 9.17) is 32.9 Å². The molecule has 8 rings (SSSR count). The van der Waals surface area contributed by atoms with Crippen molar-refractivity contribution in [2.75, 3.05) is 13.2 Å². The highest BCUT2D eigenvalue weighted by molar-refractivity contribution is 5.90. The summed E-state index contributed by atoms with van der Waals surface area (Å²) in [5.41, 5.74) is 2.10. The van der Waals surface area contributed by atoms with E-state index >= 15 is 0 Å². The van der Waals surface area contributed by atoms with Crippen LogP contribution in [0.4, 0.5) is 0 Å². The van der Waals surface area contributed by atoms with Crippen LogP contribution in [0.2, 0.25) is 0 Å². The summed E-state index contributed by atoms with van der Waals surface area (Å²) in [5, 5.41) is 14.0. The molecule has 318 valence electrons. The minimum Gasteiger partial charge on any atom is -0.493 e. The molecule has 0 bridgehead atoms. The van der Waals surface area contributed by atoms with Gasteiger partial charge < -0.3 is 32.9 Å². The number of unbranched alkanes of at least 4 members (excludes halogenated alkanes) is 1. The number of hydrogen-bond acceptors (Lipinski definition) is 10. The van der Waals surface area contributed by atoms with Crippen LogP contribution in [0.15, 0.2) is 140 Å². The summed E-state index contributed by atoms with van der Waals surface area (Å²) in [5.74, 6) is 3.07. The van der Waals surface area contributed by atoms with Crippen LogP contribution < -0.4 is 29.8 Å². The molecular formula is C52H50O10. The molecule has 10 heteroatoms. The normalized spacial score (nSPS) is 11.3. The first kappa shape index (κ1) is 43.2. The maximum Gasteiger partial charge on any atom is 0.308 e. The summed E-state index contributed by atoms with van der Waals surface area (Å²) >= 11 is 0. The zero-order chi connectivity index (χ0) is 43.8. The minimum atomic E-state index is -0.504. The van der Waals surface area contributed by atoms with Gasteiger partial charge in [-0.05, 0) is 71.1 Å². The van der Waals surface area contributed by atoms with Crippen molar-refractivity contribution in [3.05, 3.63) is 164 Å². The third kappa shape index (κ3) is 10.2. The third-order valence-electron chi connectivity index (χ3n) is 10.2. The molecule has 2 heterocycles. The van der Waals surface area contributed by atoms with Gasteiger partial charge in [0.2, 0.25) is 0 Å². The average Bonchev–Trinajstić information content (AvgIpc) is 3.25. The zero-order valence-corrected chi connectivity index (χ0v) is 35.6. The quantitative estimate of drug-likeness (QED) is 0.0641. The molecule has 0 aliphatic carbocycles. The van der Waals surface area contributed by atoms with E-state index in [1.54, 1.807) is 18.2 Å². The maximum absolute atomic E-state index is 12.8. The number of benzene rings is 6. The van der Waals surface area contributed by atoms with Crippen LogP contribution >= 0.6 is 0 Å². The van der Waals surface area contributed by atoms with Gasteiger partial charge in [-0.1, -0.05) is 100 Å². The van der Waals surface area contributed by atoms with Gasteiger partial charge in [0.1, 0.15) is 69.7 Å². The lowest BCUT2D eigenvalue weighted by Gasteiger charge is -2.14. The Labute approximate surface area is 359 Å². The number of hydrogen-bond donors (Lipinski definition) is 1. The minimum absolute atomic E-state index is 0.0508. The first-order valence-corrected chi connectivity index (χ1v) is 20.8. The smallest absolute Gasteiger partial charge is 0.308 e. The highest BCUT2D eigenvalue weighted by Crippen LogP contribution is 2.32. The van der Waals surface area contributed by atoms with Gasteiger partial charge in [0, 0.05) is 48.3 Å². The van der Waals surface area contributed by atoms with Gasteiger partial charge >= 0.3 is 5.97 Å². The number of rotatable bonds is 14. The largest absolute Gasteiger partial charge is 0.493 e. The number of ether oxygens (including phenoxy) is 4. The predicted molar refractivity (Wildman–Crippen MR) is 243 cm³/mol. The van der Waals surface area contributed by atoms with Crippen LogP contribution in [-0.4, -0.2) is 24.3 Å². The molecule has 0 spiro atoms. The number of esters is 1. The Bertz CT molecular complexity index is 2970. The van der Waals surface area contributed by atoms with Gasteiger partial charge in [-0.3, -0.25) is 14.4 Å². The zero-order valence-electron chi connectivity index (χ0n) is 35.6. The van der Waals surface area contributed by atoms with Gasteiger partial charge in [0.25, 0.3) is 0 Å². The molecule has 0 saturated carbocycles. The molecule has 0 unspecified atom stereocenters. The Kier molecular flexibility index (Phi) is 13.7. The van der Waals surface area contributed by atoms with Crippen LogP contribution in [-0.2, 0) is 18.0 Å². The average molecular weight is 835 g/mol. The second-order valence-corrected chi connectivity index (χ2v) is 15.7. The molecule has 2 aromatic heterocycles. The lowest BCUT2D eigenvalue weighted by molar-refractivity contribution is -0.131. The second-order valence-electron chi connectivity index (χ2n) is 15.7. The first-order valence-electron chi connectivity index (χ1n) is 20.8. The van der Waals surface area contributed by atoms with Crippen LogP contribution in [0.5, 0.6) is 23.0 Å². The van der Waals surface area contributed by atoms with E-state index in [2.05, 4.69) is 12.1 Å². The number of carbonyl (C=O) groups is 1. The molecule has 0 aliphatic rings. The molecule has 1 N–H and O–H groups in total. The van der Waals surface area contributed by atoms with Gasteiger partial charge in [-0.2, -0.15) is 0 Å². The van der Waals surface area contributed by atoms with Gasteiger partial charge in [-0.25, -0.2) is 0 Å². The van der Waals surface area contributed by atoms with Crippen molar-refractivity contribution in [2.24, 2.45) is 0 Å². The molecule has 6 aromatic carbocycles. The number of carbonyl (C=O) groups excluding carboxylic acids is 1. The molecule has 8 aromatic rings. The van der Waals surface area contributed by atoms with Crippen LogP contribution in [0.3, 0.4) is 0 Å². The molecule has 62 heavy (non-hydrogen) atoms. The fourth-order valence-electron chi connectivity index (χ4n) is 7.10. The molecular weight excluding hydrogens is 785 g/mol. The van der Waals surface area contributed by atoms with Crippen LogP contribution in [0.1, 0.15) is 81.9 Å². The van der Waals surface area contributed by atoms with E-state index < -0.39 is 5.97 Å². The Balaban J connectivity index is 0.000000187. The molecule has 0 radical (unpaired) electrons. The van der Waals surface area contributed by atoms with Crippen molar-refractivity contribution in [2.45, 2.75) is 72.5 Å². The van der Waals surface area contributed by atoms with Crippen LogP contribution in [0, 0.1) is 0 Å². The Hall–Kier alpha value is -6.91. The van der Waals surface area contributed by atoms with Crippen molar-refractivity contribution in [1.29, 1.82) is 0 Å². The lowest BCUT2D eigenvalue weighted by Crippen LogP contribution is -2.10. The van der Waals surface area contributed by atoms with Gasteiger partial charge in [-0.15, -0.1) is 0 Å². The summed E-state index contributed by atoms with van der Waals surface area (Å²) in [6, 6.07) is 38.0. The Morgan fingerprint density at radius 3 is 1.52 bits per heavy atom. The van der Waals surface area contributed by atoms with E-state index in [-0.39, 0.29) is 47.0 Å². The van der Waals surface area contributed by atoms with E-state index in [1.807, 2.05) is 113 Å². The SMILES string of the molecule is CC(=O)Oc1cc(COc2cccc3ccccc23)cc2oc(C(C)C)cc(=O)c12.CC(C)c1cc(=O)c2c(OCCCCO)cc(COc3cccc4ccccc34)cc2o1. The Morgan fingerprint density at radius 1 is 0.565 bits per heavy atom. The maximum atomic E-state index is 12.8. The molecule has 10 nitrogen and oxygen atoms in total. The fraction of sp³-hybridized carbons (Fsp3) is 0.250. The molecule has 0 aliphatic heterocycles. The van der Waals surface area contributed by atoms with E-state index in [1.165, 1.54) is 13.0 Å². The number of fused-ring (bicyclic) bond motifs is 4. The van der Waals surface area contributed by atoms with Crippen LogP contribution in [0.25, 0.3) is 43.5 Å².